The maximum Gasteiger partial charge on any atom is 0.225 e. The summed E-state index contributed by atoms with van der Waals surface area (Å²) in [6.07, 6.45) is 3.04. The first-order valence-electron chi connectivity index (χ1n) is 7.91. The molecule has 0 spiro atoms. The predicted molar refractivity (Wildman–Crippen MR) is 88.6 cm³/mol. The van der Waals surface area contributed by atoms with Crippen molar-refractivity contribution >= 4 is 5.95 Å². The number of para-hydroxylation sites is 1. The van der Waals surface area contributed by atoms with Crippen LogP contribution < -0.4 is 9.64 Å². The lowest BCUT2D eigenvalue weighted by Gasteiger charge is -2.35. The summed E-state index contributed by atoms with van der Waals surface area (Å²) in [7, 11) is 0. The maximum absolute atomic E-state index is 10.1. The van der Waals surface area contributed by atoms with Gasteiger partial charge in [-0.15, -0.1) is 0 Å². The Bertz CT molecular complexity index is 574. The Balaban J connectivity index is 1.40. The summed E-state index contributed by atoms with van der Waals surface area (Å²) in [5.41, 5.74) is 0. The van der Waals surface area contributed by atoms with Gasteiger partial charge in [-0.1, -0.05) is 18.2 Å². The molecule has 2 aromatic rings. The van der Waals surface area contributed by atoms with Gasteiger partial charge in [-0.2, -0.15) is 0 Å². The van der Waals surface area contributed by atoms with E-state index < -0.39 is 6.10 Å². The van der Waals surface area contributed by atoms with E-state index in [0.717, 1.165) is 37.9 Å². The van der Waals surface area contributed by atoms with Gasteiger partial charge in [0.1, 0.15) is 18.5 Å². The third-order valence-corrected chi connectivity index (χ3v) is 3.86. The highest BCUT2D eigenvalue weighted by Crippen LogP contribution is 2.11. The van der Waals surface area contributed by atoms with E-state index in [1.165, 1.54) is 0 Å². The molecule has 1 N–H and O–H groups in total. The van der Waals surface area contributed by atoms with Gasteiger partial charge < -0.3 is 14.7 Å². The number of hydrogen-bond acceptors (Lipinski definition) is 6. The van der Waals surface area contributed by atoms with Gasteiger partial charge in [-0.3, -0.25) is 4.90 Å². The summed E-state index contributed by atoms with van der Waals surface area (Å²) in [6, 6.07) is 11.4. The molecule has 1 saturated heterocycles. The number of anilines is 1. The average Bonchev–Trinajstić information content (AvgIpc) is 2.62. The van der Waals surface area contributed by atoms with Crippen LogP contribution in [-0.2, 0) is 0 Å². The van der Waals surface area contributed by atoms with Gasteiger partial charge in [-0.05, 0) is 18.2 Å². The third-order valence-electron chi connectivity index (χ3n) is 3.86. The van der Waals surface area contributed by atoms with E-state index in [1.807, 2.05) is 36.4 Å². The predicted octanol–water partition coefficient (Wildman–Crippen LogP) is 1.04. The number of rotatable bonds is 6. The first-order valence-corrected chi connectivity index (χ1v) is 7.91. The summed E-state index contributed by atoms with van der Waals surface area (Å²) in [5, 5.41) is 10.1. The van der Waals surface area contributed by atoms with Crippen molar-refractivity contribution < 1.29 is 9.84 Å². The number of β-amino-alcohol motifs (C(OH)–C–C–N with tert-alkyl or cyclic N) is 1. The van der Waals surface area contributed by atoms with Crippen LogP contribution in [-0.4, -0.2) is 65.4 Å². The molecule has 1 aliphatic rings. The number of nitrogens with zero attached hydrogens (tertiary/aromatic N) is 4. The molecule has 0 bridgehead atoms. The summed E-state index contributed by atoms with van der Waals surface area (Å²) >= 11 is 0. The molecule has 6 nitrogen and oxygen atoms in total. The zero-order chi connectivity index (χ0) is 15.9. The molecule has 1 aliphatic heterocycles. The van der Waals surface area contributed by atoms with Crippen LogP contribution in [0.25, 0.3) is 0 Å². The largest absolute Gasteiger partial charge is 0.491 e. The second-order valence-electron chi connectivity index (χ2n) is 5.61. The second-order valence-corrected chi connectivity index (χ2v) is 5.61. The zero-order valence-corrected chi connectivity index (χ0v) is 13.1. The molecular formula is C17H22N4O2. The zero-order valence-electron chi connectivity index (χ0n) is 13.1. The van der Waals surface area contributed by atoms with Gasteiger partial charge in [0.15, 0.2) is 0 Å². The van der Waals surface area contributed by atoms with Gasteiger partial charge in [0.25, 0.3) is 0 Å². The monoisotopic (exact) mass is 314 g/mol. The molecule has 0 saturated carbocycles. The van der Waals surface area contributed by atoms with E-state index in [4.69, 9.17) is 4.74 Å². The molecule has 6 heteroatoms. The van der Waals surface area contributed by atoms with Gasteiger partial charge in [0.05, 0.1) is 0 Å². The number of aromatic nitrogens is 2. The molecule has 0 radical (unpaired) electrons. The van der Waals surface area contributed by atoms with E-state index in [1.54, 1.807) is 12.4 Å². The minimum absolute atomic E-state index is 0.312. The molecule has 23 heavy (non-hydrogen) atoms. The minimum atomic E-state index is -0.491. The van der Waals surface area contributed by atoms with E-state index in [9.17, 15) is 5.11 Å². The van der Waals surface area contributed by atoms with Crippen LogP contribution in [0.2, 0.25) is 0 Å². The Labute approximate surface area is 136 Å². The van der Waals surface area contributed by atoms with Crippen molar-refractivity contribution in [2.45, 2.75) is 6.10 Å². The minimum Gasteiger partial charge on any atom is -0.491 e. The number of aliphatic hydroxyl groups excluding tert-OH is 1. The first-order chi connectivity index (χ1) is 11.3. The second kappa shape index (κ2) is 7.89. The lowest BCUT2D eigenvalue weighted by molar-refractivity contribution is 0.0662. The average molecular weight is 314 g/mol. The molecule has 2 heterocycles. The molecule has 1 aromatic heterocycles. The van der Waals surface area contributed by atoms with Crippen molar-refractivity contribution in [1.29, 1.82) is 0 Å². The highest BCUT2D eigenvalue weighted by atomic mass is 16.5. The number of piperazine rings is 1. The van der Waals surface area contributed by atoms with E-state index >= 15 is 0 Å². The quantitative estimate of drug-likeness (QED) is 0.859. The van der Waals surface area contributed by atoms with Gasteiger partial charge in [-0.25, -0.2) is 9.97 Å². The fraction of sp³-hybridized carbons (Fsp3) is 0.412. The molecule has 1 aromatic carbocycles. The fourth-order valence-electron chi connectivity index (χ4n) is 2.64. The maximum atomic E-state index is 10.1. The molecular weight excluding hydrogens is 292 g/mol. The van der Waals surface area contributed by atoms with Gasteiger partial charge >= 0.3 is 0 Å². The number of benzene rings is 1. The Morgan fingerprint density at radius 1 is 1.00 bits per heavy atom. The number of hydrogen-bond donors (Lipinski definition) is 1. The van der Waals surface area contributed by atoms with E-state index in [0.29, 0.717) is 13.2 Å². The molecule has 3 rings (SSSR count). The highest BCUT2D eigenvalue weighted by Gasteiger charge is 2.20. The van der Waals surface area contributed by atoms with Crippen molar-refractivity contribution in [3.05, 3.63) is 48.8 Å². The summed E-state index contributed by atoms with van der Waals surface area (Å²) in [6.45, 7) is 4.45. The normalized spacial score (nSPS) is 17.0. The fourth-order valence-corrected chi connectivity index (χ4v) is 2.64. The van der Waals surface area contributed by atoms with Crippen molar-refractivity contribution in [2.24, 2.45) is 0 Å². The standard InChI is InChI=1S/C17H22N4O2/c22-15(14-23-16-5-2-1-3-6-16)13-20-9-11-21(12-10-20)17-18-7-4-8-19-17/h1-8,15,22H,9-14H2. The first kappa shape index (κ1) is 15.7. The topological polar surface area (TPSA) is 61.7 Å². The molecule has 122 valence electrons. The Kier molecular flexibility index (Phi) is 5.39. The van der Waals surface area contributed by atoms with Crippen LogP contribution in [0.15, 0.2) is 48.8 Å². The van der Waals surface area contributed by atoms with Crippen LogP contribution in [0.1, 0.15) is 0 Å². The van der Waals surface area contributed by atoms with Crippen molar-refractivity contribution in [3.8, 4) is 5.75 Å². The summed E-state index contributed by atoms with van der Waals surface area (Å²) < 4.78 is 5.59. The summed E-state index contributed by atoms with van der Waals surface area (Å²) in [4.78, 5) is 13.0. The highest BCUT2D eigenvalue weighted by molar-refractivity contribution is 5.29. The van der Waals surface area contributed by atoms with Crippen molar-refractivity contribution in [3.63, 3.8) is 0 Å². The number of ether oxygens (including phenoxy) is 1. The van der Waals surface area contributed by atoms with Crippen LogP contribution in [0.4, 0.5) is 5.95 Å². The van der Waals surface area contributed by atoms with Gasteiger partial charge in [0, 0.05) is 45.1 Å². The van der Waals surface area contributed by atoms with E-state index in [2.05, 4.69) is 19.8 Å². The van der Waals surface area contributed by atoms with Crippen molar-refractivity contribution in [1.82, 2.24) is 14.9 Å². The van der Waals surface area contributed by atoms with Crippen LogP contribution in [0.5, 0.6) is 5.75 Å². The van der Waals surface area contributed by atoms with Crippen LogP contribution in [0.3, 0.4) is 0 Å². The van der Waals surface area contributed by atoms with Crippen LogP contribution in [0, 0.1) is 0 Å². The molecule has 1 unspecified atom stereocenters. The lowest BCUT2D eigenvalue weighted by Crippen LogP contribution is -2.49. The molecule has 0 amide bonds. The van der Waals surface area contributed by atoms with Crippen LogP contribution >= 0.6 is 0 Å². The Morgan fingerprint density at radius 3 is 2.39 bits per heavy atom. The Hall–Kier alpha value is -2.18. The summed E-state index contributed by atoms with van der Waals surface area (Å²) in [5.74, 6) is 1.57. The van der Waals surface area contributed by atoms with E-state index in [-0.39, 0.29) is 0 Å². The lowest BCUT2D eigenvalue weighted by atomic mass is 10.2. The molecule has 1 fully saturated rings. The Morgan fingerprint density at radius 2 is 1.70 bits per heavy atom. The van der Waals surface area contributed by atoms with Crippen molar-refractivity contribution in [2.75, 3.05) is 44.2 Å². The smallest absolute Gasteiger partial charge is 0.225 e. The number of aliphatic hydroxyl groups is 1. The molecule has 1 atom stereocenters. The SMILES string of the molecule is OC(COc1ccccc1)CN1CCN(c2ncccn2)CC1. The molecule has 0 aliphatic carbocycles. The van der Waals surface area contributed by atoms with Gasteiger partial charge in [0.2, 0.25) is 5.95 Å². The third kappa shape index (κ3) is 4.64.